The van der Waals surface area contributed by atoms with Gasteiger partial charge in [-0.25, -0.2) is 0 Å². The summed E-state index contributed by atoms with van der Waals surface area (Å²) in [6, 6.07) is 1.71. The summed E-state index contributed by atoms with van der Waals surface area (Å²) in [5.74, 6) is -1.20. The van der Waals surface area contributed by atoms with E-state index in [4.69, 9.17) is 5.11 Å². The molecule has 0 atom stereocenters. The van der Waals surface area contributed by atoms with Crippen LogP contribution in [0.1, 0.15) is 0 Å². The van der Waals surface area contributed by atoms with Gasteiger partial charge in [0.2, 0.25) is 0 Å². The molecule has 1 heterocycles. The molecule has 1 aromatic rings. The van der Waals surface area contributed by atoms with Gasteiger partial charge in [-0.05, 0) is 0 Å². The highest BCUT2D eigenvalue weighted by Crippen LogP contribution is 2.02. The van der Waals surface area contributed by atoms with Crippen molar-refractivity contribution in [2.45, 2.75) is 0 Å². The molecule has 0 saturated carbocycles. The molecule has 1 aromatic heterocycles. The van der Waals surface area contributed by atoms with Gasteiger partial charge in [-0.2, -0.15) is 4.39 Å². The van der Waals surface area contributed by atoms with Gasteiger partial charge in [-0.1, -0.05) is 0 Å². The molecule has 0 aliphatic carbocycles. The van der Waals surface area contributed by atoms with Gasteiger partial charge < -0.3 is 5.11 Å². The molecule has 0 aliphatic heterocycles. The molecule has 2 N–H and O–H groups in total. The average Bonchev–Trinajstić information content (AvgIpc) is 1.59. The van der Waals surface area contributed by atoms with Crippen molar-refractivity contribution in [2.24, 2.45) is 0 Å². The number of aromatic hydroxyl groups is 1. The van der Waals surface area contributed by atoms with E-state index >= 15 is 0 Å². The van der Waals surface area contributed by atoms with Gasteiger partial charge in [0, 0.05) is 12.1 Å². The number of pyridine rings is 1. The van der Waals surface area contributed by atoms with Crippen LogP contribution in [0.5, 0.6) is 5.75 Å². The number of H-pyrrole nitrogens is 1. The number of nitrogens with one attached hydrogen (secondary N) is 1. The number of rotatable bonds is 0. The van der Waals surface area contributed by atoms with Gasteiger partial charge in [-0.15, -0.1) is 0 Å². The van der Waals surface area contributed by atoms with Crippen LogP contribution >= 0.6 is 0 Å². The molecular formula is C5H4FNO2. The zero-order chi connectivity index (χ0) is 6.85. The van der Waals surface area contributed by atoms with Crippen LogP contribution < -0.4 is 5.56 Å². The first-order chi connectivity index (χ1) is 4.18. The molecule has 0 radical (unpaired) electrons. The Balaban J connectivity index is 3.33. The first-order valence-electron chi connectivity index (χ1n) is 2.27. The summed E-state index contributed by atoms with van der Waals surface area (Å²) in [6.45, 7) is 0. The van der Waals surface area contributed by atoms with Crippen LogP contribution in [0.3, 0.4) is 0 Å². The standard InChI is InChI=1S/C5H4FNO2/c6-4-1-3(8)2-5(9)7-4/h1-2H,(H2,7,8,9). The topological polar surface area (TPSA) is 53.1 Å². The van der Waals surface area contributed by atoms with Crippen molar-refractivity contribution in [3.05, 3.63) is 28.4 Å². The Kier molecular flexibility index (Phi) is 1.22. The highest BCUT2D eigenvalue weighted by molar-refractivity contribution is 5.15. The molecule has 0 spiro atoms. The van der Waals surface area contributed by atoms with E-state index in [0.29, 0.717) is 0 Å². The molecule has 4 heteroatoms. The van der Waals surface area contributed by atoms with Crippen molar-refractivity contribution in [1.82, 2.24) is 4.98 Å². The van der Waals surface area contributed by atoms with Crippen LogP contribution in [0.25, 0.3) is 0 Å². The minimum Gasteiger partial charge on any atom is -0.508 e. The Hall–Kier alpha value is -1.32. The summed E-state index contributed by atoms with van der Waals surface area (Å²) in [4.78, 5) is 12.1. The van der Waals surface area contributed by atoms with Crippen molar-refractivity contribution >= 4 is 0 Å². The van der Waals surface area contributed by atoms with Crippen molar-refractivity contribution in [2.75, 3.05) is 0 Å². The van der Waals surface area contributed by atoms with Crippen molar-refractivity contribution in [3.8, 4) is 5.75 Å². The minimum absolute atomic E-state index is 0.365. The summed E-state index contributed by atoms with van der Waals surface area (Å²) < 4.78 is 12.0. The molecule has 0 amide bonds. The van der Waals surface area contributed by atoms with E-state index in [1.165, 1.54) is 0 Å². The molecule has 0 bridgehead atoms. The van der Waals surface area contributed by atoms with Gasteiger partial charge in [0.05, 0.1) is 0 Å². The Morgan fingerprint density at radius 3 is 2.67 bits per heavy atom. The fourth-order valence-corrected chi connectivity index (χ4v) is 0.496. The first kappa shape index (κ1) is 5.81. The Bertz CT molecular complexity index is 245. The minimum atomic E-state index is -0.833. The first-order valence-corrected chi connectivity index (χ1v) is 2.27. The summed E-state index contributed by atoms with van der Waals surface area (Å²) in [5, 5.41) is 8.53. The third-order valence-corrected chi connectivity index (χ3v) is 0.796. The fourth-order valence-electron chi connectivity index (χ4n) is 0.496. The van der Waals surface area contributed by atoms with Crippen molar-refractivity contribution in [1.29, 1.82) is 0 Å². The molecule has 0 aromatic carbocycles. The van der Waals surface area contributed by atoms with Crippen LogP contribution in [-0.4, -0.2) is 10.1 Å². The van der Waals surface area contributed by atoms with E-state index in [-0.39, 0.29) is 5.75 Å². The second-order valence-corrected chi connectivity index (χ2v) is 1.55. The zero-order valence-corrected chi connectivity index (χ0v) is 4.39. The lowest BCUT2D eigenvalue weighted by molar-refractivity contribution is 0.463. The molecular weight excluding hydrogens is 125 g/mol. The molecule has 0 saturated heterocycles. The molecule has 0 fully saturated rings. The van der Waals surface area contributed by atoms with Gasteiger partial charge in [0.25, 0.3) is 5.56 Å². The van der Waals surface area contributed by atoms with E-state index < -0.39 is 11.5 Å². The second kappa shape index (κ2) is 1.89. The number of hydrogen-bond donors (Lipinski definition) is 2. The van der Waals surface area contributed by atoms with Crippen LogP contribution in [0.15, 0.2) is 16.9 Å². The lowest BCUT2D eigenvalue weighted by atomic mass is 10.4. The molecule has 0 aliphatic rings. The predicted octanol–water partition coefficient (Wildman–Crippen LogP) is 0.220. The molecule has 3 nitrogen and oxygen atoms in total. The third-order valence-electron chi connectivity index (χ3n) is 0.796. The van der Waals surface area contributed by atoms with E-state index in [0.717, 1.165) is 12.1 Å². The highest BCUT2D eigenvalue weighted by atomic mass is 19.1. The molecule has 0 unspecified atom stereocenters. The van der Waals surface area contributed by atoms with E-state index in [2.05, 4.69) is 0 Å². The van der Waals surface area contributed by atoms with E-state index in [1.807, 2.05) is 4.98 Å². The van der Waals surface area contributed by atoms with Gasteiger partial charge >= 0.3 is 0 Å². The summed E-state index contributed by atoms with van der Waals surface area (Å²) >= 11 is 0. The maximum absolute atomic E-state index is 12.0. The SMILES string of the molecule is O=c1cc(O)cc(F)[nH]1. The summed E-state index contributed by atoms with van der Waals surface area (Å²) in [7, 11) is 0. The quantitative estimate of drug-likeness (QED) is 0.492. The van der Waals surface area contributed by atoms with Crippen LogP contribution in [0, 0.1) is 5.95 Å². The van der Waals surface area contributed by atoms with Crippen LogP contribution in [-0.2, 0) is 0 Å². The van der Waals surface area contributed by atoms with Crippen LogP contribution in [0.4, 0.5) is 4.39 Å². The zero-order valence-electron chi connectivity index (χ0n) is 4.39. The van der Waals surface area contributed by atoms with Crippen molar-refractivity contribution < 1.29 is 9.50 Å². The monoisotopic (exact) mass is 129 g/mol. The lowest BCUT2D eigenvalue weighted by Gasteiger charge is -1.87. The Morgan fingerprint density at radius 2 is 2.22 bits per heavy atom. The number of aromatic nitrogens is 1. The second-order valence-electron chi connectivity index (χ2n) is 1.55. The maximum atomic E-state index is 12.0. The van der Waals surface area contributed by atoms with Gasteiger partial charge in [0.15, 0.2) is 5.95 Å². The average molecular weight is 129 g/mol. The highest BCUT2D eigenvalue weighted by Gasteiger charge is 1.92. The van der Waals surface area contributed by atoms with Gasteiger partial charge in [0.1, 0.15) is 5.75 Å². The fraction of sp³-hybridized carbons (Fsp3) is 0. The maximum Gasteiger partial charge on any atom is 0.253 e. The number of aromatic amines is 1. The predicted molar refractivity (Wildman–Crippen MR) is 28.7 cm³/mol. The van der Waals surface area contributed by atoms with Gasteiger partial charge in [-0.3, -0.25) is 9.78 Å². The molecule has 48 valence electrons. The lowest BCUT2D eigenvalue weighted by Crippen LogP contribution is -2.04. The Morgan fingerprint density at radius 1 is 1.56 bits per heavy atom. The summed E-state index contributed by atoms with van der Waals surface area (Å²) in [5.41, 5.74) is -0.646. The Labute approximate surface area is 49.8 Å². The normalized spacial score (nSPS) is 9.44. The van der Waals surface area contributed by atoms with E-state index in [9.17, 15) is 9.18 Å². The van der Waals surface area contributed by atoms with E-state index in [1.54, 1.807) is 0 Å². The number of halogens is 1. The third kappa shape index (κ3) is 1.28. The smallest absolute Gasteiger partial charge is 0.253 e. The largest absolute Gasteiger partial charge is 0.508 e. The van der Waals surface area contributed by atoms with Crippen LogP contribution in [0.2, 0.25) is 0 Å². The number of hydrogen-bond acceptors (Lipinski definition) is 2. The summed E-state index contributed by atoms with van der Waals surface area (Å²) in [6.07, 6.45) is 0. The molecule has 1 rings (SSSR count). The van der Waals surface area contributed by atoms with Crippen molar-refractivity contribution in [3.63, 3.8) is 0 Å². The molecule has 9 heavy (non-hydrogen) atoms.